The molecule has 2 fully saturated rings. The van der Waals surface area contributed by atoms with Crippen molar-refractivity contribution >= 4 is 0 Å². The van der Waals surface area contributed by atoms with Crippen LogP contribution in [-0.4, -0.2) is 23.8 Å². The van der Waals surface area contributed by atoms with Gasteiger partial charge in [-0.2, -0.15) is 0 Å². The van der Waals surface area contributed by atoms with Gasteiger partial charge in [-0.25, -0.2) is 0 Å². The van der Waals surface area contributed by atoms with Crippen LogP contribution in [0.15, 0.2) is 0 Å². The topological polar surface area (TPSA) is 21.3 Å². The Morgan fingerprint density at radius 1 is 1.18 bits per heavy atom. The van der Waals surface area contributed by atoms with Crippen LogP contribution < -0.4 is 5.32 Å². The lowest BCUT2D eigenvalue weighted by Gasteiger charge is -2.29. The number of ether oxygens (including phenoxy) is 1. The highest BCUT2D eigenvalue weighted by molar-refractivity contribution is 5.02. The highest BCUT2D eigenvalue weighted by Gasteiger charge is 2.48. The van der Waals surface area contributed by atoms with E-state index in [4.69, 9.17) is 4.74 Å². The number of hydrogen-bond donors (Lipinski definition) is 1. The van der Waals surface area contributed by atoms with E-state index in [0.29, 0.717) is 11.5 Å². The quantitative estimate of drug-likeness (QED) is 0.793. The van der Waals surface area contributed by atoms with Crippen molar-refractivity contribution in [2.75, 3.05) is 6.54 Å². The van der Waals surface area contributed by atoms with Gasteiger partial charge in [-0.05, 0) is 58.8 Å². The van der Waals surface area contributed by atoms with Crippen LogP contribution in [0.1, 0.15) is 66.7 Å². The van der Waals surface area contributed by atoms with Crippen molar-refractivity contribution in [3.63, 3.8) is 0 Å². The van der Waals surface area contributed by atoms with E-state index in [-0.39, 0.29) is 11.2 Å². The van der Waals surface area contributed by atoms with Crippen molar-refractivity contribution in [2.24, 2.45) is 5.41 Å². The molecule has 1 saturated heterocycles. The van der Waals surface area contributed by atoms with Crippen LogP contribution in [0.3, 0.4) is 0 Å². The van der Waals surface area contributed by atoms with E-state index in [9.17, 15) is 0 Å². The van der Waals surface area contributed by atoms with E-state index in [1.165, 1.54) is 32.2 Å². The Morgan fingerprint density at radius 2 is 1.82 bits per heavy atom. The Labute approximate surface area is 107 Å². The van der Waals surface area contributed by atoms with E-state index in [1.54, 1.807) is 0 Å². The van der Waals surface area contributed by atoms with Gasteiger partial charge in [0.05, 0.1) is 11.2 Å². The van der Waals surface area contributed by atoms with Gasteiger partial charge >= 0.3 is 0 Å². The van der Waals surface area contributed by atoms with Gasteiger partial charge in [-0.3, -0.25) is 0 Å². The van der Waals surface area contributed by atoms with Crippen molar-refractivity contribution in [3.8, 4) is 0 Å². The minimum atomic E-state index is -0.0220. The molecule has 2 rings (SSSR count). The van der Waals surface area contributed by atoms with Crippen LogP contribution in [0.4, 0.5) is 0 Å². The van der Waals surface area contributed by atoms with Crippen molar-refractivity contribution in [2.45, 2.75) is 84.0 Å². The summed E-state index contributed by atoms with van der Waals surface area (Å²) in [7, 11) is 0. The molecule has 17 heavy (non-hydrogen) atoms. The maximum absolute atomic E-state index is 6.13. The lowest BCUT2D eigenvalue weighted by Crippen LogP contribution is -2.45. The number of hydrogen-bond acceptors (Lipinski definition) is 2. The van der Waals surface area contributed by atoms with Crippen LogP contribution >= 0.6 is 0 Å². The molecule has 1 aliphatic heterocycles. The first kappa shape index (κ1) is 13.4. The van der Waals surface area contributed by atoms with Crippen molar-refractivity contribution in [3.05, 3.63) is 0 Å². The smallest absolute Gasteiger partial charge is 0.0787 e. The molecule has 0 aromatic heterocycles. The summed E-state index contributed by atoms with van der Waals surface area (Å²) >= 11 is 0. The Balaban J connectivity index is 1.87. The molecule has 0 bridgehead atoms. The molecule has 0 radical (unpaired) electrons. The third-order valence-electron chi connectivity index (χ3n) is 4.54. The van der Waals surface area contributed by atoms with E-state index in [1.807, 2.05) is 0 Å². The van der Waals surface area contributed by atoms with Crippen molar-refractivity contribution in [1.29, 1.82) is 0 Å². The molecule has 100 valence electrons. The van der Waals surface area contributed by atoms with Gasteiger partial charge in [-0.15, -0.1) is 0 Å². The van der Waals surface area contributed by atoms with E-state index in [2.05, 4.69) is 39.9 Å². The van der Waals surface area contributed by atoms with Crippen LogP contribution in [-0.2, 0) is 4.74 Å². The molecule has 2 aliphatic rings. The zero-order chi connectivity index (χ0) is 12.7. The molecule has 0 aromatic carbocycles. The van der Waals surface area contributed by atoms with Crippen LogP contribution in [0, 0.1) is 5.41 Å². The van der Waals surface area contributed by atoms with Gasteiger partial charge in [0.25, 0.3) is 0 Å². The summed E-state index contributed by atoms with van der Waals surface area (Å²) in [6.07, 6.45) is 6.67. The standard InChI is InChI=1S/C15H29NO/c1-6-7-15(8-9-15)11-16-12-10-13(2,3)17-14(12,4)5/h12,16H,6-11H2,1-5H3. The van der Waals surface area contributed by atoms with Crippen LogP contribution in [0.2, 0.25) is 0 Å². The summed E-state index contributed by atoms with van der Waals surface area (Å²) in [5.74, 6) is 0. The SMILES string of the molecule is CCCC1(CNC2CC(C)(C)OC2(C)C)CC1. The predicted octanol–water partition coefficient (Wildman–Crippen LogP) is 3.50. The highest BCUT2D eigenvalue weighted by Crippen LogP contribution is 2.49. The second kappa shape index (κ2) is 4.24. The molecule has 1 aliphatic carbocycles. The fraction of sp³-hybridized carbons (Fsp3) is 1.00. The predicted molar refractivity (Wildman–Crippen MR) is 72.2 cm³/mol. The molecular formula is C15H29NO. The molecule has 0 amide bonds. The van der Waals surface area contributed by atoms with Gasteiger partial charge in [-0.1, -0.05) is 13.3 Å². The highest BCUT2D eigenvalue weighted by atomic mass is 16.5. The summed E-state index contributed by atoms with van der Waals surface area (Å²) in [5.41, 5.74) is 0.645. The maximum atomic E-state index is 6.13. The lowest BCUT2D eigenvalue weighted by molar-refractivity contribution is -0.0700. The van der Waals surface area contributed by atoms with Crippen molar-refractivity contribution in [1.82, 2.24) is 5.32 Å². The minimum Gasteiger partial charge on any atom is -0.368 e. The maximum Gasteiger partial charge on any atom is 0.0787 e. The average molecular weight is 239 g/mol. The fourth-order valence-corrected chi connectivity index (χ4v) is 3.44. The Morgan fingerprint density at radius 3 is 2.24 bits per heavy atom. The molecule has 0 aromatic rings. The first-order chi connectivity index (χ1) is 7.79. The lowest BCUT2D eigenvalue weighted by atomic mass is 9.93. The normalized spacial score (nSPS) is 32.6. The van der Waals surface area contributed by atoms with Gasteiger partial charge in [0.1, 0.15) is 0 Å². The number of rotatable bonds is 5. The summed E-state index contributed by atoms with van der Waals surface area (Å²) in [6.45, 7) is 12.3. The zero-order valence-corrected chi connectivity index (χ0v) is 12.2. The van der Waals surface area contributed by atoms with Gasteiger partial charge in [0, 0.05) is 12.6 Å². The first-order valence-electron chi connectivity index (χ1n) is 7.22. The Kier molecular flexibility index (Phi) is 3.33. The van der Waals surface area contributed by atoms with E-state index in [0.717, 1.165) is 6.42 Å². The molecule has 1 unspecified atom stereocenters. The third kappa shape index (κ3) is 3.03. The van der Waals surface area contributed by atoms with Gasteiger partial charge in [0.2, 0.25) is 0 Å². The fourth-order valence-electron chi connectivity index (χ4n) is 3.44. The minimum absolute atomic E-state index is 0.0220. The first-order valence-corrected chi connectivity index (χ1v) is 7.22. The van der Waals surface area contributed by atoms with Gasteiger partial charge < -0.3 is 10.1 Å². The molecule has 1 atom stereocenters. The second-order valence-corrected chi connectivity index (χ2v) is 7.35. The molecular weight excluding hydrogens is 210 g/mol. The summed E-state index contributed by atoms with van der Waals surface area (Å²) in [6, 6.07) is 0.506. The molecule has 1 saturated carbocycles. The largest absolute Gasteiger partial charge is 0.368 e. The van der Waals surface area contributed by atoms with Crippen LogP contribution in [0.5, 0.6) is 0 Å². The van der Waals surface area contributed by atoms with E-state index < -0.39 is 0 Å². The zero-order valence-electron chi connectivity index (χ0n) is 12.2. The summed E-state index contributed by atoms with van der Waals surface area (Å²) < 4.78 is 6.13. The molecule has 0 spiro atoms. The Hall–Kier alpha value is -0.0800. The summed E-state index contributed by atoms with van der Waals surface area (Å²) in [4.78, 5) is 0. The second-order valence-electron chi connectivity index (χ2n) is 7.35. The average Bonchev–Trinajstić information content (AvgIpc) is 2.87. The Bertz CT molecular complexity index is 279. The van der Waals surface area contributed by atoms with Crippen molar-refractivity contribution < 1.29 is 4.74 Å². The van der Waals surface area contributed by atoms with E-state index >= 15 is 0 Å². The van der Waals surface area contributed by atoms with Gasteiger partial charge in [0.15, 0.2) is 0 Å². The molecule has 1 N–H and O–H groups in total. The monoisotopic (exact) mass is 239 g/mol. The van der Waals surface area contributed by atoms with Crippen LogP contribution in [0.25, 0.3) is 0 Å². The molecule has 1 heterocycles. The molecule has 2 nitrogen and oxygen atoms in total. The number of nitrogens with one attached hydrogen (secondary N) is 1. The summed E-state index contributed by atoms with van der Waals surface area (Å²) in [5, 5.41) is 3.79. The third-order valence-corrected chi connectivity index (χ3v) is 4.54. The molecule has 2 heteroatoms.